The number of likely N-dealkylation sites (tertiary alicyclic amines) is 1. The van der Waals surface area contributed by atoms with Gasteiger partial charge in [0, 0.05) is 12.1 Å². The molecular formula is C16H24N2O2. The van der Waals surface area contributed by atoms with E-state index in [0.717, 1.165) is 37.5 Å². The maximum atomic E-state index is 12.1. The predicted octanol–water partition coefficient (Wildman–Crippen LogP) is 2.16. The van der Waals surface area contributed by atoms with E-state index in [0.29, 0.717) is 5.56 Å². The number of nitrogens with one attached hydrogen (secondary N) is 1. The predicted molar refractivity (Wildman–Crippen MR) is 80.0 cm³/mol. The average molecular weight is 276 g/mol. The van der Waals surface area contributed by atoms with Gasteiger partial charge in [-0.2, -0.15) is 0 Å². The molecule has 1 aliphatic rings. The lowest BCUT2D eigenvalue weighted by molar-refractivity contribution is 0.0948. The van der Waals surface area contributed by atoms with Gasteiger partial charge in [-0.25, -0.2) is 0 Å². The zero-order valence-electron chi connectivity index (χ0n) is 12.4. The fourth-order valence-corrected chi connectivity index (χ4v) is 2.74. The second-order valence-electron chi connectivity index (χ2n) is 5.79. The second kappa shape index (κ2) is 6.75. The molecule has 1 aromatic rings. The molecule has 0 aromatic heterocycles. The van der Waals surface area contributed by atoms with Crippen LogP contribution in [0.5, 0.6) is 5.75 Å². The summed E-state index contributed by atoms with van der Waals surface area (Å²) < 4.78 is 0. The number of carbonyl (C=O) groups excluding carboxylic acids is 1. The summed E-state index contributed by atoms with van der Waals surface area (Å²) in [6, 6.07) is 4.85. The maximum absolute atomic E-state index is 12.1. The number of hydrogen-bond acceptors (Lipinski definition) is 3. The Labute approximate surface area is 120 Å². The zero-order valence-corrected chi connectivity index (χ0v) is 12.4. The van der Waals surface area contributed by atoms with Gasteiger partial charge < -0.3 is 15.3 Å². The Morgan fingerprint density at radius 2 is 2.10 bits per heavy atom. The maximum Gasteiger partial charge on any atom is 0.251 e. The number of amides is 1. The highest BCUT2D eigenvalue weighted by Crippen LogP contribution is 2.19. The van der Waals surface area contributed by atoms with E-state index in [-0.39, 0.29) is 11.7 Å². The van der Waals surface area contributed by atoms with E-state index in [1.165, 1.54) is 12.8 Å². The van der Waals surface area contributed by atoms with Gasteiger partial charge in [0.1, 0.15) is 5.75 Å². The van der Waals surface area contributed by atoms with Crippen LogP contribution in [-0.4, -0.2) is 42.6 Å². The van der Waals surface area contributed by atoms with E-state index in [4.69, 9.17) is 0 Å². The number of benzene rings is 1. The Kier molecular flexibility index (Phi) is 5.01. The molecule has 4 nitrogen and oxygen atoms in total. The van der Waals surface area contributed by atoms with Crippen LogP contribution in [0.3, 0.4) is 0 Å². The third-order valence-electron chi connectivity index (χ3n) is 4.13. The monoisotopic (exact) mass is 276 g/mol. The van der Waals surface area contributed by atoms with Gasteiger partial charge in [0.05, 0.1) is 0 Å². The molecule has 1 amide bonds. The van der Waals surface area contributed by atoms with Gasteiger partial charge in [-0.05, 0) is 76.0 Å². The molecule has 2 rings (SSSR count). The van der Waals surface area contributed by atoms with Crippen LogP contribution in [0.2, 0.25) is 0 Å². The lowest BCUT2D eigenvalue weighted by atomic mass is 9.94. The molecule has 1 aliphatic heterocycles. The van der Waals surface area contributed by atoms with E-state index in [2.05, 4.69) is 17.3 Å². The number of aromatic hydroxyl groups is 1. The van der Waals surface area contributed by atoms with Crippen molar-refractivity contribution in [3.8, 4) is 5.75 Å². The van der Waals surface area contributed by atoms with Crippen LogP contribution in [0.1, 0.15) is 35.2 Å². The van der Waals surface area contributed by atoms with Gasteiger partial charge in [0.25, 0.3) is 5.91 Å². The summed E-state index contributed by atoms with van der Waals surface area (Å²) in [5.74, 6) is 0.883. The molecule has 1 fully saturated rings. The Bertz CT molecular complexity index is 466. The largest absolute Gasteiger partial charge is 0.508 e. The fourth-order valence-electron chi connectivity index (χ4n) is 2.74. The summed E-state index contributed by atoms with van der Waals surface area (Å²) >= 11 is 0. The number of aryl methyl sites for hydroxylation is 1. The molecule has 0 unspecified atom stereocenters. The quantitative estimate of drug-likeness (QED) is 0.886. The molecule has 4 heteroatoms. The number of piperidine rings is 1. The van der Waals surface area contributed by atoms with E-state index >= 15 is 0 Å². The number of carbonyl (C=O) groups is 1. The number of phenols is 1. The van der Waals surface area contributed by atoms with Crippen molar-refractivity contribution in [3.05, 3.63) is 29.3 Å². The van der Waals surface area contributed by atoms with Gasteiger partial charge in [-0.3, -0.25) is 4.79 Å². The minimum Gasteiger partial charge on any atom is -0.508 e. The average Bonchev–Trinajstić information content (AvgIpc) is 2.41. The summed E-state index contributed by atoms with van der Waals surface area (Å²) in [5, 5.41) is 12.3. The third kappa shape index (κ3) is 3.97. The summed E-state index contributed by atoms with van der Waals surface area (Å²) in [6.07, 6.45) is 3.51. The molecule has 0 saturated carbocycles. The number of rotatable bonds is 4. The third-order valence-corrected chi connectivity index (χ3v) is 4.13. The first-order chi connectivity index (χ1) is 9.56. The Morgan fingerprint density at radius 3 is 2.75 bits per heavy atom. The highest BCUT2D eigenvalue weighted by molar-refractivity contribution is 5.95. The zero-order chi connectivity index (χ0) is 14.5. The van der Waals surface area contributed by atoms with Crippen molar-refractivity contribution in [2.45, 2.75) is 26.2 Å². The van der Waals surface area contributed by atoms with Crippen LogP contribution in [0.15, 0.2) is 18.2 Å². The SMILES string of the molecule is Cc1cc(O)ccc1C(=O)NCCC1CCN(C)CC1. The van der Waals surface area contributed by atoms with Crippen molar-refractivity contribution in [1.29, 1.82) is 0 Å². The molecule has 2 N–H and O–H groups in total. The lowest BCUT2D eigenvalue weighted by Crippen LogP contribution is -2.32. The van der Waals surface area contributed by atoms with Crippen LogP contribution in [0.25, 0.3) is 0 Å². The summed E-state index contributed by atoms with van der Waals surface area (Å²) in [4.78, 5) is 14.4. The summed E-state index contributed by atoms with van der Waals surface area (Å²) in [7, 11) is 2.16. The molecular weight excluding hydrogens is 252 g/mol. The van der Waals surface area contributed by atoms with Crippen LogP contribution < -0.4 is 5.32 Å². The Balaban J connectivity index is 1.77. The van der Waals surface area contributed by atoms with E-state index in [1.807, 2.05) is 6.92 Å². The van der Waals surface area contributed by atoms with Gasteiger partial charge in [-0.1, -0.05) is 0 Å². The topological polar surface area (TPSA) is 52.6 Å². The first-order valence-corrected chi connectivity index (χ1v) is 7.32. The van der Waals surface area contributed by atoms with Gasteiger partial charge in [-0.15, -0.1) is 0 Å². The highest BCUT2D eigenvalue weighted by Gasteiger charge is 2.16. The van der Waals surface area contributed by atoms with Crippen molar-refractivity contribution in [1.82, 2.24) is 10.2 Å². The minimum atomic E-state index is -0.0459. The summed E-state index contributed by atoms with van der Waals surface area (Å²) in [5.41, 5.74) is 1.45. The molecule has 110 valence electrons. The molecule has 0 aliphatic carbocycles. The van der Waals surface area contributed by atoms with E-state index in [1.54, 1.807) is 18.2 Å². The minimum absolute atomic E-state index is 0.0459. The van der Waals surface area contributed by atoms with Gasteiger partial charge in [0.2, 0.25) is 0 Å². The van der Waals surface area contributed by atoms with Crippen LogP contribution >= 0.6 is 0 Å². The van der Waals surface area contributed by atoms with Crippen LogP contribution in [0.4, 0.5) is 0 Å². The highest BCUT2D eigenvalue weighted by atomic mass is 16.3. The number of phenolic OH excluding ortho intramolecular Hbond substituents is 1. The molecule has 0 atom stereocenters. The molecule has 0 spiro atoms. The first kappa shape index (κ1) is 14.9. The Hall–Kier alpha value is -1.55. The molecule has 0 radical (unpaired) electrons. The van der Waals surface area contributed by atoms with Crippen LogP contribution in [0, 0.1) is 12.8 Å². The van der Waals surface area contributed by atoms with E-state index in [9.17, 15) is 9.90 Å². The van der Waals surface area contributed by atoms with Crippen molar-refractivity contribution >= 4 is 5.91 Å². The Morgan fingerprint density at radius 1 is 1.40 bits per heavy atom. The molecule has 1 aromatic carbocycles. The summed E-state index contributed by atoms with van der Waals surface area (Å²) in [6.45, 7) is 4.89. The number of nitrogens with zero attached hydrogens (tertiary/aromatic N) is 1. The normalized spacial score (nSPS) is 17.1. The van der Waals surface area contributed by atoms with Crippen molar-refractivity contribution < 1.29 is 9.90 Å². The fraction of sp³-hybridized carbons (Fsp3) is 0.562. The molecule has 1 saturated heterocycles. The molecule has 1 heterocycles. The van der Waals surface area contributed by atoms with Crippen molar-refractivity contribution in [2.24, 2.45) is 5.92 Å². The van der Waals surface area contributed by atoms with Crippen LogP contribution in [-0.2, 0) is 0 Å². The van der Waals surface area contributed by atoms with Crippen molar-refractivity contribution in [3.63, 3.8) is 0 Å². The first-order valence-electron chi connectivity index (χ1n) is 7.32. The van der Waals surface area contributed by atoms with Crippen molar-refractivity contribution in [2.75, 3.05) is 26.7 Å². The second-order valence-corrected chi connectivity index (χ2v) is 5.79. The smallest absolute Gasteiger partial charge is 0.251 e. The van der Waals surface area contributed by atoms with E-state index < -0.39 is 0 Å². The lowest BCUT2D eigenvalue weighted by Gasteiger charge is -2.28. The molecule has 0 bridgehead atoms. The van der Waals surface area contributed by atoms with Gasteiger partial charge >= 0.3 is 0 Å². The number of hydrogen-bond donors (Lipinski definition) is 2. The molecule has 20 heavy (non-hydrogen) atoms. The van der Waals surface area contributed by atoms with Gasteiger partial charge in [0.15, 0.2) is 0 Å². The standard InChI is InChI=1S/C16H24N2O2/c1-12-11-14(19)3-4-15(12)16(20)17-8-5-13-6-9-18(2)10-7-13/h3-4,11,13,19H,5-10H2,1-2H3,(H,17,20).